The summed E-state index contributed by atoms with van der Waals surface area (Å²) in [6, 6.07) is 0. The molecule has 0 heterocycles. The Kier molecular flexibility index (Phi) is 4.81. The molecule has 0 amide bonds. The van der Waals surface area contributed by atoms with Crippen molar-refractivity contribution in [1.29, 1.82) is 0 Å². The number of ketones is 1. The minimum absolute atomic E-state index is 0.277. The Bertz CT molecular complexity index is 118. The summed E-state index contributed by atoms with van der Waals surface area (Å²) < 4.78 is 0. The van der Waals surface area contributed by atoms with Gasteiger partial charge in [-0.3, -0.25) is 9.59 Å². The minimum Gasteiger partial charge on any atom is -0.295 e. The van der Waals surface area contributed by atoms with Gasteiger partial charge in [-0.2, -0.15) is 0 Å². The number of Topliss-reactive ketones (excluding diaryl/α,β-unsaturated/α-hetero) is 1. The van der Waals surface area contributed by atoms with Gasteiger partial charge in [0.05, 0.1) is 0 Å². The molecule has 0 saturated heterocycles. The number of hydrogen-bond donors (Lipinski definition) is 0. The predicted octanol–water partition coefficient (Wildman–Crippen LogP) is 1.58. The molecule has 0 spiro atoms. The highest BCUT2D eigenvalue weighted by Crippen LogP contribution is 2.08. The van der Waals surface area contributed by atoms with Crippen molar-refractivity contribution in [3.63, 3.8) is 0 Å². The monoisotopic (exact) mass is 142 g/mol. The van der Waals surface area contributed by atoms with Crippen LogP contribution in [-0.4, -0.2) is 12.1 Å². The lowest BCUT2D eigenvalue weighted by Gasteiger charge is -2.04. The Balaban J connectivity index is 3.46. The van der Waals surface area contributed by atoms with Gasteiger partial charge >= 0.3 is 0 Å². The molecule has 0 aromatic rings. The van der Waals surface area contributed by atoms with E-state index in [-0.39, 0.29) is 5.78 Å². The number of carbonyl (C=O) groups is 2. The summed E-state index contributed by atoms with van der Waals surface area (Å²) in [6.45, 7) is 4.06. The topological polar surface area (TPSA) is 34.1 Å². The molecule has 2 nitrogen and oxygen atoms in total. The third-order valence-corrected chi connectivity index (χ3v) is 1.46. The van der Waals surface area contributed by atoms with Crippen molar-refractivity contribution < 1.29 is 9.59 Å². The second kappa shape index (κ2) is 5.15. The molecule has 1 atom stereocenters. The van der Waals surface area contributed by atoms with E-state index in [1.807, 2.05) is 6.92 Å². The maximum absolute atomic E-state index is 10.5. The highest BCUT2D eigenvalue weighted by atomic mass is 16.2. The zero-order chi connectivity index (χ0) is 7.98. The van der Waals surface area contributed by atoms with Crippen LogP contribution in [0.25, 0.3) is 0 Å². The molecular formula is C8H14O2. The van der Waals surface area contributed by atoms with Crippen LogP contribution in [0.4, 0.5) is 0 Å². The highest BCUT2D eigenvalue weighted by Gasteiger charge is 2.05. The van der Waals surface area contributed by atoms with Crippen molar-refractivity contribution in [3.05, 3.63) is 0 Å². The molecule has 0 fully saturated rings. The van der Waals surface area contributed by atoms with E-state index in [1.165, 1.54) is 0 Å². The Morgan fingerprint density at radius 2 is 2.20 bits per heavy atom. The van der Waals surface area contributed by atoms with Gasteiger partial charge in [0.25, 0.3) is 0 Å². The Hall–Kier alpha value is -0.660. The van der Waals surface area contributed by atoms with Gasteiger partial charge in [-0.15, -0.1) is 0 Å². The van der Waals surface area contributed by atoms with Crippen LogP contribution in [-0.2, 0) is 9.59 Å². The smallest absolute Gasteiger partial charge is 0.195 e. The SMILES string of the molecule is CCCC(C)CC(=O)C=O. The fraction of sp³-hybridized carbons (Fsp3) is 0.750. The summed E-state index contributed by atoms with van der Waals surface area (Å²) in [5, 5.41) is 0. The van der Waals surface area contributed by atoms with E-state index in [0.717, 1.165) is 12.8 Å². The first-order valence-electron chi connectivity index (χ1n) is 3.68. The van der Waals surface area contributed by atoms with E-state index in [1.54, 1.807) is 0 Å². The fourth-order valence-corrected chi connectivity index (χ4v) is 0.986. The third kappa shape index (κ3) is 4.24. The van der Waals surface area contributed by atoms with Gasteiger partial charge in [-0.25, -0.2) is 0 Å². The van der Waals surface area contributed by atoms with Gasteiger partial charge in [0.1, 0.15) is 0 Å². The van der Waals surface area contributed by atoms with Crippen molar-refractivity contribution >= 4 is 12.1 Å². The van der Waals surface area contributed by atoms with Crippen LogP contribution < -0.4 is 0 Å². The lowest BCUT2D eigenvalue weighted by molar-refractivity contribution is -0.130. The lowest BCUT2D eigenvalue weighted by atomic mass is 10.0. The standard InChI is InChI=1S/C8H14O2/c1-3-4-7(2)5-8(10)6-9/h6-7H,3-5H2,1-2H3. The molecule has 0 saturated carbocycles. The second-order valence-electron chi connectivity index (χ2n) is 2.68. The summed E-state index contributed by atoms with van der Waals surface area (Å²) in [5.41, 5.74) is 0. The molecule has 0 aliphatic rings. The van der Waals surface area contributed by atoms with E-state index in [0.29, 0.717) is 18.6 Å². The van der Waals surface area contributed by atoms with Crippen LogP contribution >= 0.6 is 0 Å². The van der Waals surface area contributed by atoms with E-state index < -0.39 is 0 Å². The molecule has 0 rings (SSSR count). The van der Waals surface area contributed by atoms with Crippen LogP contribution in [0.15, 0.2) is 0 Å². The van der Waals surface area contributed by atoms with E-state index in [9.17, 15) is 9.59 Å². The average molecular weight is 142 g/mol. The van der Waals surface area contributed by atoms with E-state index in [4.69, 9.17) is 0 Å². The van der Waals surface area contributed by atoms with Crippen molar-refractivity contribution in [2.75, 3.05) is 0 Å². The summed E-state index contributed by atoms with van der Waals surface area (Å²) in [6.07, 6.45) is 2.93. The number of aldehydes is 1. The van der Waals surface area contributed by atoms with Gasteiger partial charge in [-0.05, 0) is 5.92 Å². The average Bonchev–Trinajstić information content (AvgIpc) is 1.88. The minimum atomic E-state index is -0.277. The second-order valence-corrected chi connectivity index (χ2v) is 2.68. The lowest BCUT2D eigenvalue weighted by Crippen LogP contribution is -2.05. The van der Waals surface area contributed by atoms with Crippen LogP contribution in [0, 0.1) is 5.92 Å². The molecular weight excluding hydrogens is 128 g/mol. The molecule has 0 aromatic heterocycles. The zero-order valence-electron chi connectivity index (χ0n) is 6.59. The van der Waals surface area contributed by atoms with Gasteiger partial charge in [0.2, 0.25) is 0 Å². The van der Waals surface area contributed by atoms with Gasteiger partial charge in [-0.1, -0.05) is 26.7 Å². The molecule has 0 aliphatic carbocycles. The van der Waals surface area contributed by atoms with Crippen LogP contribution in [0.3, 0.4) is 0 Å². The quantitative estimate of drug-likeness (QED) is 0.431. The molecule has 0 aliphatic heterocycles. The Morgan fingerprint density at radius 3 is 2.60 bits per heavy atom. The number of rotatable bonds is 5. The molecule has 0 N–H and O–H groups in total. The van der Waals surface area contributed by atoms with Crippen LogP contribution in [0.1, 0.15) is 33.1 Å². The molecule has 1 unspecified atom stereocenters. The van der Waals surface area contributed by atoms with Crippen molar-refractivity contribution in [2.24, 2.45) is 5.92 Å². The Morgan fingerprint density at radius 1 is 1.60 bits per heavy atom. The van der Waals surface area contributed by atoms with Crippen LogP contribution in [0.2, 0.25) is 0 Å². The first kappa shape index (κ1) is 9.34. The number of hydrogen-bond acceptors (Lipinski definition) is 2. The van der Waals surface area contributed by atoms with Crippen molar-refractivity contribution in [1.82, 2.24) is 0 Å². The third-order valence-electron chi connectivity index (χ3n) is 1.46. The molecule has 0 radical (unpaired) electrons. The largest absolute Gasteiger partial charge is 0.295 e. The fourth-order valence-electron chi connectivity index (χ4n) is 0.986. The summed E-state index contributed by atoms with van der Waals surface area (Å²) in [5.74, 6) is 0.0867. The highest BCUT2D eigenvalue weighted by molar-refractivity contribution is 6.24. The van der Waals surface area contributed by atoms with Gasteiger partial charge in [0, 0.05) is 6.42 Å². The first-order chi connectivity index (χ1) is 4.70. The first-order valence-corrected chi connectivity index (χ1v) is 3.68. The molecule has 58 valence electrons. The van der Waals surface area contributed by atoms with Gasteiger partial charge in [0.15, 0.2) is 12.1 Å². The zero-order valence-corrected chi connectivity index (χ0v) is 6.59. The summed E-state index contributed by atoms with van der Waals surface area (Å²) in [7, 11) is 0. The van der Waals surface area contributed by atoms with E-state index >= 15 is 0 Å². The van der Waals surface area contributed by atoms with Crippen molar-refractivity contribution in [3.8, 4) is 0 Å². The number of carbonyl (C=O) groups excluding carboxylic acids is 2. The molecule has 2 heteroatoms. The molecule has 0 bridgehead atoms. The normalized spacial score (nSPS) is 12.6. The summed E-state index contributed by atoms with van der Waals surface area (Å²) in [4.78, 5) is 20.4. The summed E-state index contributed by atoms with van der Waals surface area (Å²) >= 11 is 0. The maximum Gasteiger partial charge on any atom is 0.195 e. The van der Waals surface area contributed by atoms with Crippen molar-refractivity contribution in [2.45, 2.75) is 33.1 Å². The Labute approximate surface area is 61.6 Å². The van der Waals surface area contributed by atoms with E-state index in [2.05, 4.69) is 6.92 Å². The van der Waals surface area contributed by atoms with Crippen LogP contribution in [0.5, 0.6) is 0 Å². The predicted molar refractivity (Wildman–Crippen MR) is 39.8 cm³/mol. The van der Waals surface area contributed by atoms with Gasteiger partial charge < -0.3 is 0 Å². The molecule has 0 aromatic carbocycles. The molecule has 10 heavy (non-hydrogen) atoms. The maximum atomic E-state index is 10.5.